The lowest BCUT2D eigenvalue weighted by atomic mass is 10.2. The number of amides is 1. The first-order valence-electron chi connectivity index (χ1n) is 9.75. The molecule has 1 aromatic heterocycles. The first-order valence-corrected chi connectivity index (χ1v) is 9.75. The number of methoxy groups -OCH3 is 1. The molecule has 0 fully saturated rings. The molecule has 30 heavy (non-hydrogen) atoms. The van der Waals surface area contributed by atoms with Gasteiger partial charge in [-0.15, -0.1) is 0 Å². The van der Waals surface area contributed by atoms with Gasteiger partial charge in [0.25, 0.3) is 0 Å². The monoisotopic (exact) mass is 411 g/mol. The molecule has 0 saturated carbocycles. The van der Waals surface area contributed by atoms with E-state index in [2.05, 4.69) is 10.1 Å². The van der Waals surface area contributed by atoms with Crippen LogP contribution in [0.4, 0.5) is 0 Å². The number of hydrogen-bond donors (Lipinski definition) is 2. The van der Waals surface area contributed by atoms with Crippen molar-refractivity contribution in [3.8, 4) is 11.5 Å². The van der Waals surface area contributed by atoms with E-state index in [1.807, 2.05) is 31.2 Å². The second-order valence-electron chi connectivity index (χ2n) is 7.02. The van der Waals surface area contributed by atoms with Gasteiger partial charge in [0.05, 0.1) is 13.2 Å². The highest BCUT2D eigenvalue weighted by Crippen LogP contribution is 2.28. The number of aromatic hydroxyl groups is 1. The van der Waals surface area contributed by atoms with Crippen LogP contribution in [0.15, 0.2) is 52.9 Å². The number of rotatable bonds is 9. The molecule has 2 N–H and O–H groups in total. The van der Waals surface area contributed by atoms with Crippen molar-refractivity contribution in [1.82, 2.24) is 5.32 Å². The van der Waals surface area contributed by atoms with Gasteiger partial charge in [0.15, 0.2) is 0 Å². The number of carbonyl (C=O) groups is 2. The summed E-state index contributed by atoms with van der Waals surface area (Å²) in [6.07, 6.45) is 0.901. The van der Waals surface area contributed by atoms with Crippen molar-refractivity contribution in [2.75, 3.05) is 7.11 Å². The topological polar surface area (TPSA) is 98.0 Å². The summed E-state index contributed by atoms with van der Waals surface area (Å²) in [6.45, 7) is 2.23. The molecular weight excluding hydrogens is 386 g/mol. The van der Waals surface area contributed by atoms with Crippen LogP contribution < -0.4 is 10.1 Å². The summed E-state index contributed by atoms with van der Waals surface area (Å²) in [5, 5.41) is 13.1. The van der Waals surface area contributed by atoms with E-state index in [4.69, 9.17) is 9.15 Å². The zero-order chi connectivity index (χ0) is 21.5. The fraction of sp³-hybridized carbons (Fsp3) is 0.304. The van der Waals surface area contributed by atoms with Crippen LogP contribution in [0.1, 0.15) is 43.6 Å². The van der Waals surface area contributed by atoms with Gasteiger partial charge in [0.2, 0.25) is 5.91 Å². The maximum atomic E-state index is 12.1. The number of hydrogen-bond acceptors (Lipinski definition) is 6. The molecule has 0 aliphatic heterocycles. The molecule has 0 aliphatic rings. The fourth-order valence-corrected chi connectivity index (χ4v) is 2.98. The van der Waals surface area contributed by atoms with Crippen molar-refractivity contribution in [3.05, 3.63) is 59.9 Å². The van der Waals surface area contributed by atoms with E-state index in [-0.39, 0.29) is 36.5 Å². The van der Waals surface area contributed by atoms with Gasteiger partial charge in [-0.3, -0.25) is 9.59 Å². The van der Waals surface area contributed by atoms with E-state index >= 15 is 0 Å². The number of ether oxygens (including phenoxy) is 2. The van der Waals surface area contributed by atoms with Crippen LogP contribution in [0.2, 0.25) is 0 Å². The van der Waals surface area contributed by atoms with Gasteiger partial charge in [0.1, 0.15) is 29.4 Å². The third-order valence-electron chi connectivity index (χ3n) is 4.67. The SMILES string of the molecule is COC(=O)CCCC(=O)NC(C)c1cc2cc(OCc3ccc(O)cc3)ccc2o1. The molecule has 0 bridgehead atoms. The van der Waals surface area contributed by atoms with Crippen molar-refractivity contribution in [2.45, 2.75) is 38.8 Å². The number of esters is 1. The highest BCUT2D eigenvalue weighted by atomic mass is 16.5. The van der Waals surface area contributed by atoms with Crippen LogP contribution in [0.25, 0.3) is 11.0 Å². The molecule has 0 aliphatic carbocycles. The van der Waals surface area contributed by atoms with Gasteiger partial charge in [-0.25, -0.2) is 0 Å². The van der Waals surface area contributed by atoms with E-state index in [1.165, 1.54) is 7.11 Å². The average Bonchev–Trinajstić information content (AvgIpc) is 3.16. The normalized spacial score (nSPS) is 11.8. The smallest absolute Gasteiger partial charge is 0.305 e. The molecule has 7 heteroatoms. The second kappa shape index (κ2) is 9.82. The van der Waals surface area contributed by atoms with Crippen molar-refractivity contribution < 1.29 is 28.6 Å². The highest BCUT2D eigenvalue weighted by Gasteiger charge is 2.15. The molecule has 1 atom stereocenters. The second-order valence-corrected chi connectivity index (χ2v) is 7.02. The number of fused-ring (bicyclic) bond motifs is 1. The van der Waals surface area contributed by atoms with E-state index in [9.17, 15) is 14.7 Å². The van der Waals surface area contributed by atoms with Crippen molar-refractivity contribution in [1.29, 1.82) is 0 Å². The highest BCUT2D eigenvalue weighted by molar-refractivity contribution is 5.80. The maximum Gasteiger partial charge on any atom is 0.305 e. The first-order chi connectivity index (χ1) is 14.4. The fourth-order valence-electron chi connectivity index (χ4n) is 2.98. The summed E-state index contributed by atoms with van der Waals surface area (Å²) < 4.78 is 16.2. The Kier molecular flexibility index (Phi) is 6.95. The zero-order valence-electron chi connectivity index (χ0n) is 17.0. The number of phenolic OH excluding ortho intramolecular Hbond substituents is 1. The predicted molar refractivity (Wildman–Crippen MR) is 111 cm³/mol. The molecule has 7 nitrogen and oxygen atoms in total. The Morgan fingerprint density at radius 2 is 1.87 bits per heavy atom. The van der Waals surface area contributed by atoms with Crippen molar-refractivity contribution in [2.24, 2.45) is 0 Å². The minimum absolute atomic E-state index is 0.148. The lowest BCUT2D eigenvalue weighted by molar-refractivity contribution is -0.140. The van der Waals surface area contributed by atoms with Crippen LogP contribution >= 0.6 is 0 Å². The third kappa shape index (κ3) is 5.76. The van der Waals surface area contributed by atoms with E-state index in [0.29, 0.717) is 30.1 Å². The molecule has 1 amide bonds. The molecule has 158 valence electrons. The van der Waals surface area contributed by atoms with Crippen LogP contribution in [0, 0.1) is 0 Å². The number of benzene rings is 2. The number of furan rings is 1. The Hall–Kier alpha value is -3.48. The van der Waals surface area contributed by atoms with E-state index < -0.39 is 0 Å². The Balaban J connectivity index is 1.57. The number of carbonyl (C=O) groups excluding carboxylic acids is 2. The lowest BCUT2D eigenvalue weighted by Crippen LogP contribution is -2.26. The molecule has 2 aromatic carbocycles. The molecular formula is C23H25NO6. The van der Waals surface area contributed by atoms with Crippen molar-refractivity contribution >= 4 is 22.8 Å². The van der Waals surface area contributed by atoms with E-state index in [0.717, 1.165) is 10.9 Å². The summed E-state index contributed by atoms with van der Waals surface area (Å²) in [4.78, 5) is 23.2. The lowest BCUT2D eigenvalue weighted by Gasteiger charge is -2.11. The van der Waals surface area contributed by atoms with Gasteiger partial charge in [0, 0.05) is 18.2 Å². The van der Waals surface area contributed by atoms with E-state index in [1.54, 1.807) is 24.3 Å². The molecule has 1 heterocycles. The Morgan fingerprint density at radius 3 is 2.60 bits per heavy atom. The van der Waals surface area contributed by atoms with Crippen LogP contribution in [0.3, 0.4) is 0 Å². The molecule has 0 saturated heterocycles. The van der Waals surface area contributed by atoms with Crippen molar-refractivity contribution in [3.63, 3.8) is 0 Å². The molecule has 0 radical (unpaired) electrons. The zero-order valence-corrected chi connectivity index (χ0v) is 17.0. The number of phenols is 1. The summed E-state index contributed by atoms with van der Waals surface area (Å²) in [5.74, 6) is 1.08. The quantitative estimate of drug-likeness (QED) is 0.511. The largest absolute Gasteiger partial charge is 0.508 e. The number of nitrogens with one attached hydrogen (secondary N) is 1. The van der Waals surface area contributed by atoms with Gasteiger partial charge in [-0.05, 0) is 55.3 Å². The van der Waals surface area contributed by atoms with Gasteiger partial charge < -0.3 is 24.3 Å². The average molecular weight is 411 g/mol. The van der Waals surface area contributed by atoms with Gasteiger partial charge in [-0.1, -0.05) is 12.1 Å². The third-order valence-corrected chi connectivity index (χ3v) is 4.67. The van der Waals surface area contributed by atoms with Crippen LogP contribution in [-0.4, -0.2) is 24.1 Å². The molecule has 0 spiro atoms. The summed E-state index contributed by atoms with van der Waals surface area (Å²) >= 11 is 0. The molecule has 3 rings (SSSR count). The maximum absolute atomic E-state index is 12.1. The van der Waals surface area contributed by atoms with Gasteiger partial charge in [-0.2, -0.15) is 0 Å². The summed E-state index contributed by atoms with van der Waals surface area (Å²) in [6, 6.07) is 14.0. The summed E-state index contributed by atoms with van der Waals surface area (Å²) in [7, 11) is 1.33. The van der Waals surface area contributed by atoms with Gasteiger partial charge >= 0.3 is 5.97 Å². The minimum Gasteiger partial charge on any atom is -0.508 e. The Morgan fingerprint density at radius 1 is 1.10 bits per heavy atom. The molecule has 3 aromatic rings. The molecule has 1 unspecified atom stereocenters. The minimum atomic E-state index is -0.323. The standard InChI is InChI=1S/C23H25NO6/c1-15(24-22(26)4-3-5-23(27)28-2)21-13-17-12-19(10-11-20(17)30-21)29-14-16-6-8-18(25)9-7-16/h6-13,15,25H,3-5,14H2,1-2H3,(H,24,26). The first kappa shape index (κ1) is 21.2. The van der Waals surface area contributed by atoms with Crippen LogP contribution in [-0.2, 0) is 20.9 Å². The predicted octanol–water partition coefficient (Wildman–Crippen LogP) is 4.24. The Bertz CT molecular complexity index is 1010. The summed E-state index contributed by atoms with van der Waals surface area (Å²) in [5.41, 5.74) is 1.65. The Labute approximate surface area is 174 Å². The van der Waals surface area contributed by atoms with Crippen LogP contribution in [0.5, 0.6) is 11.5 Å².